The molecule has 0 radical (unpaired) electrons. The second-order valence-electron chi connectivity index (χ2n) is 7.34. The maximum Gasteiger partial charge on any atom is 0.341 e. The highest BCUT2D eigenvalue weighted by Gasteiger charge is 2.29. The quantitative estimate of drug-likeness (QED) is 0.417. The molecule has 146 valence electrons. The standard InChI is InChI=1S/C21H33NO3S/c1-4-6-7-8-9-10-11-18(23)22-20-19(21(24)25-5-2)16-13-12-15(3)14-17(16)26-20/h15H,4-14H2,1-3H3,(H,22,23). The highest BCUT2D eigenvalue weighted by atomic mass is 32.1. The smallest absolute Gasteiger partial charge is 0.341 e. The summed E-state index contributed by atoms with van der Waals surface area (Å²) in [4.78, 5) is 26.0. The number of ether oxygens (including phenoxy) is 1. The van der Waals surface area contributed by atoms with Gasteiger partial charge in [0.2, 0.25) is 5.91 Å². The number of hydrogen-bond acceptors (Lipinski definition) is 4. The number of hydrogen-bond donors (Lipinski definition) is 1. The Morgan fingerprint density at radius 1 is 1.15 bits per heavy atom. The first-order valence-corrected chi connectivity index (χ1v) is 11.0. The number of amides is 1. The zero-order valence-corrected chi connectivity index (χ0v) is 17.3. The van der Waals surface area contributed by atoms with Crippen LogP contribution in [-0.2, 0) is 22.4 Å². The number of anilines is 1. The maximum absolute atomic E-state index is 12.5. The SMILES string of the molecule is CCCCCCCCC(=O)Nc1sc2c(c1C(=O)OCC)CCC(C)C2. The lowest BCUT2D eigenvalue weighted by atomic mass is 9.88. The molecule has 0 aliphatic heterocycles. The van der Waals surface area contributed by atoms with Gasteiger partial charge in [-0.05, 0) is 44.1 Å². The van der Waals surface area contributed by atoms with Crippen molar-refractivity contribution in [3.8, 4) is 0 Å². The van der Waals surface area contributed by atoms with Crippen LogP contribution in [0.2, 0.25) is 0 Å². The molecule has 5 heteroatoms. The third-order valence-corrected chi connectivity index (χ3v) is 6.17. The zero-order valence-electron chi connectivity index (χ0n) is 16.5. The van der Waals surface area contributed by atoms with E-state index < -0.39 is 0 Å². The molecular formula is C21H33NO3S. The molecule has 2 rings (SSSR count). The lowest BCUT2D eigenvalue weighted by Gasteiger charge is -2.18. The summed E-state index contributed by atoms with van der Waals surface area (Å²) in [5, 5.41) is 3.70. The van der Waals surface area contributed by atoms with Crippen LogP contribution in [0, 0.1) is 5.92 Å². The predicted molar refractivity (Wildman–Crippen MR) is 108 cm³/mol. The normalized spacial score (nSPS) is 16.2. The van der Waals surface area contributed by atoms with E-state index in [1.807, 2.05) is 6.92 Å². The van der Waals surface area contributed by atoms with E-state index in [1.165, 1.54) is 30.6 Å². The van der Waals surface area contributed by atoms with Crippen molar-refractivity contribution in [1.29, 1.82) is 0 Å². The highest BCUT2D eigenvalue weighted by molar-refractivity contribution is 7.17. The number of carbonyl (C=O) groups excluding carboxylic acids is 2. The zero-order chi connectivity index (χ0) is 18.9. The lowest BCUT2D eigenvalue weighted by molar-refractivity contribution is -0.116. The summed E-state index contributed by atoms with van der Waals surface area (Å²) < 4.78 is 5.25. The molecule has 1 amide bonds. The molecule has 0 saturated heterocycles. The summed E-state index contributed by atoms with van der Waals surface area (Å²) in [7, 11) is 0. The van der Waals surface area contributed by atoms with Gasteiger partial charge in [0, 0.05) is 11.3 Å². The van der Waals surface area contributed by atoms with Gasteiger partial charge in [-0.25, -0.2) is 4.79 Å². The molecule has 0 fully saturated rings. The molecule has 1 aliphatic rings. The molecule has 1 heterocycles. The van der Waals surface area contributed by atoms with Crippen molar-refractivity contribution in [3.05, 3.63) is 16.0 Å². The van der Waals surface area contributed by atoms with Crippen LogP contribution in [0.25, 0.3) is 0 Å². The molecule has 0 aromatic carbocycles. The molecule has 1 aromatic heterocycles. The number of carbonyl (C=O) groups is 2. The van der Waals surface area contributed by atoms with Crippen LogP contribution in [0.4, 0.5) is 5.00 Å². The number of thiophene rings is 1. The summed E-state index contributed by atoms with van der Waals surface area (Å²) >= 11 is 1.57. The van der Waals surface area contributed by atoms with Crippen LogP contribution in [-0.4, -0.2) is 18.5 Å². The minimum absolute atomic E-state index is 0.0117. The summed E-state index contributed by atoms with van der Waals surface area (Å²) in [6.07, 6.45) is 10.4. The fourth-order valence-corrected chi connectivity index (χ4v) is 4.93. The van der Waals surface area contributed by atoms with Gasteiger partial charge in [0.05, 0.1) is 12.2 Å². The molecule has 26 heavy (non-hydrogen) atoms. The molecule has 1 aliphatic carbocycles. The summed E-state index contributed by atoms with van der Waals surface area (Å²) in [6.45, 7) is 6.61. The first-order valence-electron chi connectivity index (χ1n) is 10.2. The fraction of sp³-hybridized carbons (Fsp3) is 0.714. The predicted octanol–water partition coefficient (Wildman–Crippen LogP) is 5.74. The van der Waals surface area contributed by atoms with Gasteiger partial charge < -0.3 is 10.1 Å². The van der Waals surface area contributed by atoms with Gasteiger partial charge in [-0.1, -0.05) is 46.0 Å². The Morgan fingerprint density at radius 2 is 1.88 bits per heavy atom. The molecule has 0 bridgehead atoms. The number of nitrogens with one attached hydrogen (secondary N) is 1. The van der Waals surface area contributed by atoms with E-state index in [1.54, 1.807) is 11.3 Å². The van der Waals surface area contributed by atoms with Crippen molar-refractivity contribution in [3.63, 3.8) is 0 Å². The van der Waals surface area contributed by atoms with E-state index in [0.29, 0.717) is 29.5 Å². The van der Waals surface area contributed by atoms with Gasteiger partial charge in [0.25, 0.3) is 0 Å². The Hall–Kier alpha value is -1.36. The van der Waals surface area contributed by atoms with Crippen LogP contribution in [0.5, 0.6) is 0 Å². The second kappa shape index (κ2) is 10.7. The van der Waals surface area contributed by atoms with Crippen molar-refractivity contribution in [2.75, 3.05) is 11.9 Å². The molecule has 1 atom stereocenters. The van der Waals surface area contributed by atoms with Gasteiger partial charge in [-0.2, -0.15) is 0 Å². The second-order valence-corrected chi connectivity index (χ2v) is 8.45. The molecule has 0 spiro atoms. The Kier molecular flexibility index (Phi) is 8.63. The van der Waals surface area contributed by atoms with Gasteiger partial charge in [0.1, 0.15) is 5.00 Å². The summed E-state index contributed by atoms with van der Waals surface area (Å²) in [5.41, 5.74) is 1.71. The Morgan fingerprint density at radius 3 is 2.62 bits per heavy atom. The van der Waals surface area contributed by atoms with Gasteiger partial charge in [-0.15, -0.1) is 11.3 Å². The van der Waals surface area contributed by atoms with Crippen molar-refractivity contribution in [1.82, 2.24) is 0 Å². The average molecular weight is 380 g/mol. The number of esters is 1. The minimum Gasteiger partial charge on any atom is -0.462 e. The topological polar surface area (TPSA) is 55.4 Å². The average Bonchev–Trinajstić information content (AvgIpc) is 2.95. The van der Waals surface area contributed by atoms with Crippen LogP contribution >= 0.6 is 11.3 Å². The third-order valence-electron chi connectivity index (χ3n) is 5.00. The van der Waals surface area contributed by atoms with Crippen molar-refractivity contribution in [2.24, 2.45) is 5.92 Å². The lowest BCUT2D eigenvalue weighted by Crippen LogP contribution is -2.16. The van der Waals surface area contributed by atoms with Gasteiger partial charge in [-0.3, -0.25) is 4.79 Å². The van der Waals surface area contributed by atoms with E-state index in [4.69, 9.17) is 4.74 Å². The van der Waals surface area contributed by atoms with E-state index in [9.17, 15) is 9.59 Å². The fourth-order valence-electron chi connectivity index (χ4n) is 3.51. The first-order chi connectivity index (χ1) is 12.6. The Bertz CT molecular complexity index is 609. The number of rotatable bonds is 10. The van der Waals surface area contributed by atoms with E-state index in [-0.39, 0.29) is 11.9 Å². The first kappa shape index (κ1) is 20.9. The number of unbranched alkanes of at least 4 members (excludes halogenated alkanes) is 5. The molecular weight excluding hydrogens is 346 g/mol. The molecule has 1 unspecified atom stereocenters. The van der Waals surface area contributed by atoms with E-state index >= 15 is 0 Å². The van der Waals surface area contributed by atoms with E-state index in [0.717, 1.165) is 37.7 Å². The summed E-state index contributed by atoms with van der Waals surface area (Å²) in [5.74, 6) is 0.343. The monoisotopic (exact) mass is 379 g/mol. The Labute approximate surface area is 161 Å². The van der Waals surface area contributed by atoms with Crippen molar-refractivity contribution >= 4 is 28.2 Å². The van der Waals surface area contributed by atoms with Crippen LogP contribution < -0.4 is 5.32 Å². The molecule has 1 N–H and O–H groups in total. The number of fused-ring (bicyclic) bond motifs is 1. The van der Waals surface area contributed by atoms with Gasteiger partial charge in [0.15, 0.2) is 0 Å². The van der Waals surface area contributed by atoms with Crippen LogP contribution in [0.3, 0.4) is 0 Å². The van der Waals surface area contributed by atoms with Crippen LogP contribution in [0.15, 0.2) is 0 Å². The minimum atomic E-state index is -0.297. The van der Waals surface area contributed by atoms with Crippen molar-refractivity contribution < 1.29 is 14.3 Å². The van der Waals surface area contributed by atoms with Crippen molar-refractivity contribution in [2.45, 2.75) is 85.0 Å². The van der Waals surface area contributed by atoms with Crippen LogP contribution in [0.1, 0.15) is 92.9 Å². The molecule has 1 aromatic rings. The molecule has 0 saturated carbocycles. The third kappa shape index (κ3) is 5.83. The van der Waals surface area contributed by atoms with E-state index in [2.05, 4.69) is 19.2 Å². The highest BCUT2D eigenvalue weighted by Crippen LogP contribution is 2.40. The maximum atomic E-state index is 12.5. The summed E-state index contributed by atoms with van der Waals surface area (Å²) in [6, 6.07) is 0. The largest absolute Gasteiger partial charge is 0.462 e. The van der Waals surface area contributed by atoms with Gasteiger partial charge >= 0.3 is 5.97 Å². The Balaban J connectivity index is 1.99. The molecule has 4 nitrogen and oxygen atoms in total.